The molecule has 0 aliphatic carbocycles. The molecule has 0 saturated carbocycles. The molecule has 2 amide bonds. The normalized spacial score (nSPS) is 9.96. The van der Waals surface area contributed by atoms with Gasteiger partial charge in [0.1, 0.15) is 5.75 Å². The third-order valence-corrected chi connectivity index (χ3v) is 3.81. The molecule has 136 valence electrons. The minimum Gasteiger partial charge on any atom is -0.482 e. The Kier molecular flexibility index (Phi) is 7.20. The number of hydrogen-bond acceptors (Lipinski definition) is 4. The van der Waals surface area contributed by atoms with E-state index in [1.807, 2.05) is 13.0 Å². The number of aryl methyl sites for hydroxylation is 1. The number of carbonyl (C=O) groups is 2. The van der Waals surface area contributed by atoms with E-state index < -0.39 is 5.91 Å². The van der Waals surface area contributed by atoms with Crippen LogP contribution in [0.25, 0.3) is 0 Å². The number of rotatable bonds is 4. The zero-order chi connectivity index (χ0) is 19.1. The van der Waals surface area contributed by atoms with Crippen molar-refractivity contribution in [1.82, 2.24) is 16.2 Å². The van der Waals surface area contributed by atoms with Gasteiger partial charge in [0.25, 0.3) is 11.8 Å². The minimum atomic E-state index is -0.515. The lowest BCUT2D eigenvalue weighted by molar-refractivity contribution is -0.121. The Morgan fingerprint density at radius 2 is 1.88 bits per heavy atom. The Balaban J connectivity index is 1.76. The van der Waals surface area contributed by atoms with Crippen molar-refractivity contribution in [1.29, 1.82) is 0 Å². The zero-order valence-corrected chi connectivity index (χ0v) is 16.0. The molecule has 0 bridgehead atoms. The monoisotopic (exact) mass is 411 g/mol. The van der Waals surface area contributed by atoms with Crippen LogP contribution in [0, 0.1) is 6.92 Å². The topological polar surface area (TPSA) is 79.5 Å². The molecule has 2 aromatic carbocycles. The van der Waals surface area contributed by atoms with E-state index in [9.17, 15) is 9.59 Å². The maximum Gasteiger partial charge on any atom is 0.269 e. The van der Waals surface area contributed by atoms with Crippen molar-refractivity contribution in [2.24, 2.45) is 0 Å². The number of hydrazine groups is 1. The number of amides is 2. The number of ether oxygens (including phenoxy) is 1. The molecule has 0 radical (unpaired) electrons. The van der Waals surface area contributed by atoms with E-state index in [0.717, 1.165) is 5.56 Å². The van der Waals surface area contributed by atoms with Crippen LogP contribution in [0.1, 0.15) is 15.9 Å². The quantitative estimate of drug-likeness (QED) is 0.532. The molecule has 9 heteroatoms. The molecule has 26 heavy (non-hydrogen) atoms. The average molecular weight is 412 g/mol. The predicted molar refractivity (Wildman–Crippen MR) is 104 cm³/mol. The van der Waals surface area contributed by atoms with Crippen LogP contribution >= 0.6 is 35.4 Å². The predicted octanol–water partition coefficient (Wildman–Crippen LogP) is 3.02. The van der Waals surface area contributed by atoms with Crippen LogP contribution in [0.15, 0.2) is 42.5 Å². The molecule has 0 atom stereocenters. The van der Waals surface area contributed by atoms with Crippen molar-refractivity contribution in [2.45, 2.75) is 6.92 Å². The van der Waals surface area contributed by atoms with Crippen molar-refractivity contribution in [3.05, 3.63) is 63.6 Å². The van der Waals surface area contributed by atoms with Gasteiger partial charge in [0.05, 0.1) is 5.02 Å². The Morgan fingerprint density at radius 1 is 1.12 bits per heavy atom. The molecule has 0 saturated heterocycles. The molecule has 3 N–H and O–H groups in total. The highest BCUT2D eigenvalue weighted by Crippen LogP contribution is 2.27. The van der Waals surface area contributed by atoms with Crippen LogP contribution in [0.2, 0.25) is 10.0 Å². The van der Waals surface area contributed by atoms with Crippen LogP contribution in [-0.2, 0) is 4.79 Å². The first-order chi connectivity index (χ1) is 12.3. The third-order valence-electron chi connectivity index (χ3n) is 3.08. The molecule has 0 heterocycles. The second-order valence-corrected chi connectivity index (χ2v) is 6.44. The lowest BCUT2D eigenvalue weighted by Crippen LogP contribution is -2.49. The number of nitrogens with one attached hydrogen (secondary N) is 3. The molecular formula is C17H15Cl2N3O3S. The molecule has 2 aromatic rings. The number of carbonyl (C=O) groups excluding carboxylic acids is 2. The van der Waals surface area contributed by atoms with Gasteiger partial charge in [-0.25, -0.2) is 0 Å². The summed E-state index contributed by atoms with van der Waals surface area (Å²) < 4.78 is 5.29. The summed E-state index contributed by atoms with van der Waals surface area (Å²) in [5.41, 5.74) is 6.26. The number of halogens is 2. The fourth-order valence-corrected chi connectivity index (χ4v) is 2.53. The van der Waals surface area contributed by atoms with E-state index in [-0.39, 0.29) is 22.6 Å². The van der Waals surface area contributed by atoms with Crippen LogP contribution in [0.5, 0.6) is 5.75 Å². The summed E-state index contributed by atoms with van der Waals surface area (Å²) in [4.78, 5) is 23.8. The lowest BCUT2D eigenvalue weighted by atomic mass is 10.1. The molecule has 0 spiro atoms. The third kappa shape index (κ3) is 6.18. The molecule has 0 aromatic heterocycles. The van der Waals surface area contributed by atoms with Crippen LogP contribution in [0.4, 0.5) is 0 Å². The summed E-state index contributed by atoms with van der Waals surface area (Å²) in [6, 6.07) is 11.7. The first-order valence-electron chi connectivity index (χ1n) is 7.40. The second-order valence-electron chi connectivity index (χ2n) is 5.19. The lowest BCUT2D eigenvalue weighted by Gasteiger charge is -2.12. The number of hydrogen-bond donors (Lipinski definition) is 3. The summed E-state index contributed by atoms with van der Waals surface area (Å²) in [6.45, 7) is 1.57. The smallest absolute Gasteiger partial charge is 0.269 e. The van der Waals surface area contributed by atoms with Gasteiger partial charge >= 0.3 is 0 Å². The summed E-state index contributed by atoms with van der Waals surface area (Å²) in [5, 5.41) is 3.05. The molecule has 0 fully saturated rings. The number of thiocarbonyl (C=S) groups is 1. The molecular weight excluding hydrogens is 397 g/mol. The standard InChI is InChI=1S/C17H15Cl2N3O3S/c1-10-3-2-4-11(7-10)16(24)21-22-17(26)20-15(23)9-25-14-6-5-12(18)8-13(14)19/h2-8H,9H2,1H3,(H,21,24)(H2,20,22,23,26). The van der Waals surface area contributed by atoms with Crippen LogP contribution in [-0.4, -0.2) is 23.5 Å². The fourth-order valence-electron chi connectivity index (χ4n) is 1.90. The molecule has 6 nitrogen and oxygen atoms in total. The van der Waals surface area contributed by atoms with E-state index in [1.54, 1.807) is 30.3 Å². The largest absolute Gasteiger partial charge is 0.482 e. The highest BCUT2D eigenvalue weighted by atomic mass is 35.5. The summed E-state index contributed by atoms with van der Waals surface area (Å²) in [6.07, 6.45) is 0. The van der Waals surface area contributed by atoms with E-state index in [1.165, 1.54) is 6.07 Å². The second kappa shape index (κ2) is 9.38. The van der Waals surface area contributed by atoms with Gasteiger partial charge in [0.2, 0.25) is 0 Å². The maximum atomic E-state index is 12.0. The Hall–Kier alpha value is -2.35. The van der Waals surface area contributed by atoms with Gasteiger partial charge in [-0.15, -0.1) is 0 Å². The van der Waals surface area contributed by atoms with Crippen LogP contribution in [0.3, 0.4) is 0 Å². The van der Waals surface area contributed by atoms with E-state index in [4.69, 9.17) is 40.2 Å². The van der Waals surface area contributed by atoms with Gasteiger partial charge in [-0.05, 0) is 49.5 Å². The van der Waals surface area contributed by atoms with Crippen molar-refractivity contribution in [3.63, 3.8) is 0 Å². The molecule has 0 unspecified atom stereocenters. The van der Waals surface area contributed by atoms with Crippen LogP contribution < -0.4 is 20.9 Å². The van der Waals surface area contributed by atoms with E-state index >= 15 is 0 Å². The van der Waals surface area contributed by atoms with Gasteiger partial charge in [-0.3, -0.25) is 25.8 Å². The molecule has 0 aliphatic heterocycles. The van der Waals surface area contributed by atoms with Crippen molar-refractivity contribution in [2.75, 3.05) is 6.61 Å². The fraction of sp³-hybridized carbons (Fsp3) is 0.118. The average Bonchev–Trinajstić information content (AvgIpc) is 2.59. The zero-order valence-electron chi connectivity index (χ0n) is 13.6. The van der Waals surface area contributed by atoms with Gasteiger partial charge in [-0.1, -0.05) is 40.9 Å². The summed E-state index contributed by atoms with van der Waals surface area (Å²) >= 11 is 16.7. The van der Waals surface area contributed by atoms with Gasteiger partial charge < -0.3 is 4.74 Å². The summed E-state index contributed by atoms with van der Waals surface area (Å²) in [7, 11) is 0. The van der Waals surface area contributed by atoms with Crippen molar-refractivity contribution >= 4 is 52.3 Å². The maximum absolute atomic E-state index is 12.0. The molecule has 2 rings (SSSR count). The minimum absolute atomic E-state index is 0.0678. The summed E-state index contributed by atoms with van der Waals surface area (Å²) in [5.74, 6) is -0.578. The van der Waals surface area contributed by atoms with Gasteiger partial charge in [-0.2, -0.15) is 0 Å². The first kappa shape index (κ1) is 20.0. The van der Waals surface area contributed by atoms with E-state index in [0.29, 0.717) is 16.3 Å². The van der Waals surface area contributed by atoms with Gasteiger partial charge in [0.15, 0.2) is 11.7 Å². The first-order valence-corrected chi connectivity index (χ1v) is 8.56. The highest BCUT2D eigenvalue weighted by molar-refractivity contribution is 7.80. The Morgan fingerprint density at radius 3 is 2.58 bits per heavy atom. The Labute approximate surface area is 165 Å². The van der Waals surface area contributed by atoms with E-state index in [2.05, 4.69) is 16.2 Å². The molecule has 0 aliphatic rings. The van der Waals surface area contributed by atoms with Gasteiger partial charge in [0, 0.05) is 10.6 Å². The van der Waals surface area contributed by atoms with Crippen molar-refractivity contribution < 1.29 is 14.3 Å². The van der Waals surface area contributed by atoms with Crippen molar-refractivity contribution in [3.8, 4) is 5.75 Å². The number of benzene rings is 2. The highest BCUT2D eigenvalue weighted by Gasteiger charge is 2.10. The SMILES string of the molecule is Cc1cccc(C(=O)NNC(=S)NC(=O)COc2ccc(Cl)cc2Cl)c1. The Bertz CT molecular complexity index is 846.